The molecule has 9 heteroatoms. The number of benzene rings is 1. The Morgan fingerprint density at radius 1 is 1.29 bits per heavy atom. The van der Waals surface area contributed by atoms with E-state index in [1.165, 1.54) is 0 Å². The zero-order valence-electron chi connectivity index (χ0n) is 17.2. The molecular formula is C19H30IN5O3. The summed E-state index contributed by atoms with van der Waals surface area (Å²) in [4.78, 5) is 11.0. The van der Waals surface area contributed by atoms with Gasteiger partial charge in [0.1, 0.15) is 11.5 Å². The van der Waals surface area contributed by atoms with Crippen molar-refractivity contribution < 1.29 is 14.0 Å². The lowest BCUT2D eigenvalue weighted by Crippen LogP contribution is -2.38. The number of aromatic nitrogens is 2. The lowest BCUT2D eigenvalue weighted by molar-refractivity contribution is 0.372. The quantitative estimate of drug-likeness (QED) is 0.244. The molecule has 0 saturated carbocycles. The van der Waals surface area contributed by atoms with Crippen molar-refractivity contribution in [2.45, 2.75) is 33.2 Å². The van der Waals surface area contributed by atoms with Gasteiger partial charge in [0.15, 0.2) is 11.8 Å². The van der Waals surface area contributed by atoms with Crippen LogP contribution in [0.15, 0.2) is 27.7 Å². The van der Waals surface area contributed by atoms with E-state index in [1.54, 1.807) is 14.2 Å². The third-order valence-corrected chi connectivity index (χ3v) is 3.98. The Kier molecular flexibility index (Phi) is 10.6. The average Bonchev–Trinajstić information content (AvgIpc) is 3.09. The normalized spacial score (nSPS) is 11.0. The van der Waals surface area contributed by atoms with Crippen LogP contribution in [0.4, 0.5) is 0 Å². The number of guanidine groups is 1. The number of hydrogen-bond acceptors (Lipinski definition) is 6. The number of rotatable bonds is 9. The number of nitrogens with one attached hydrogen (secondary N) is 1. The first-order valence-electron chi connectivity index (χ1n) is 9.06. The van der Waals surface area contributed by atoms with Gasteiger partial charge < -0.3 is 24.2 Å². The summed E-state index contributed by atoms with van der Waals surface area (Å²) in [6.45, 7) is 6.01. The van der Waals surface area contributed by atoms with Crippen LogP contribution >= 0.6 is 24.0 Å². The molecule has 0 spiro atoms. The Morgan fingerprint density at radius 3 is 2.68 bits per heavy atom. The Labute approximate surface area is 183 Å². The predicted molar refractivity (Wildman–Crippen MR) is 120 cm³/mol. The molecule has 0 aliphatic carbocycles. The van der Waals surface area contributed by atoms with Gasteiger partial charge in [0.2, 0.25) is 5.89 Å². The van der Waals surface area contributed by atoms with Gasteiger partial charge in [0.05, 0.1) is 14.2 Å². The summed E-state index contributed by atoms with van der Waals surface area (Å²) >= 11 is 0. The minimum atomic E-state index is 0. The fourth-order valence-corrected chi connectivity index (χ4v) is 2.64. The maximum absolute atomic E-state index is 5.49. The van der Waals surface area contributed by atoms with Crippen molar-refractivity contribution in [3.05, 3.63) is 35.5 Å². The molecule has 0 bridgehead atoms. The first-order valence-corrected chi connectivity index (χ1v) is 9.06. The Bertz CT molecular complexity index is 751. The summed E-state index contributed by atoms with van der Waals surface area (Å²) in [5.41, 5.74) is 1.06. The maximum atomic E-state index is 5.49. The monoisotopic (exact) mass is 503 g/mol. The number of methoxy groups -OCH3 is 2. The predicted octanol–water partition coefficient (Wildman–Crippen LogP) is 3.04. The van der Waals surface area contributed by atoms with Gasteiger partial charge in [0.25, 0.3) is 0 Å². The fraction of sp³-hybridized carbons (Fsp3) is 0.526. The standard InChI is InChI=1S/C19H29N5O3.HI/c1-6-20-19(21-11-7-8-18-22-14(2)23-27-18)24(3)13-15-9-10-16(25-4)12-17(15)26-5;/h9-10,12H,6-8,11,13H2,1-5H3,(H,20,21);1H. The molecular weight excluding hydrogens is 473 g/mol. The molecule has 1 N–H and O–H groups in total. The summed E-state index contributed by atoms with van der Waals surface area (Å²) < 4.78 is 15.9. The van der Waals surface area contributed by atoms with Crippen LogP contribution in [-0.2, 0) is 13.0 Å². The highest BCUT2D eigenvalue weighted by Crippen LogP contribution is 2.25. The van der Waals surface area contributed by atoms with Crippen LogP contribution in [0.2, 0.25) is 0 Å². The molecule has 1 aromatic carbocycles. The van der Waals surface area contributed by atoms with Crippen molar-refractivity contribution in [1.82, 2.24) is 20.4 Å². The molecule has 156 valence electrons. The zero-order valence-corrected chi connectivity index (χ0v) is 19.5. The number of nitrogens with zero attached hydrogens (tertiary/aromatic N) is 4. The van der Waals surface area contributed by atoms with Gasteiger partial charge in [-0.25, -0.2) is 0 Å². The molecule has 0 aliphatic heterocycles. The van der Waals surface area contributed by atoms with Crippen LogP contribution in [-0.4, -0.2) is 55.4 Å². The highest BCUT2D eigenvalue weighted by atomic mass is 127. The van der Waals surface area contributed by atoms with E-state index in [0.29, 0.717) is 24.8 Å². The lowest BCUT2D eigenvalue weighted by Gasteiger charge is -2.23. The summed E-state index contributed by atoms with van der Waals surface area (Å²) in [6.07, 6.45) is 1.57. The van der Waals surface area contributed by atoms with E-state index in [1.807, 2.05) is 32.2 Å². The third kappa shape index (κ3) is 7.17. The summed E-state index contributed by atoms with van der Waals surface area (Å²) in [6, 6.07) is 5.83. The smallest absolute Gasteiger partial charge is 0.226 e. The molecule has 1 heterocycles. The highest BCUT2D eigenvalue weighted by Gasteiger charge is 2.11. The van der Waals surface area contributed by atoms with Crippen LogP contribution in [0.3, 0.4) is 0 Å². The van der Waals surface area contributed by atoms with E-state index in [0.717, 1.165) is 42.4 Å². The summed E-state index contributed by atoms with van der Waals surface area (Å²) in [5, 5.41) is 7.12. The molecule has 0 aliphatic rings. The number of aliphatic imine (C=N–C) groups is 1. The van der Waals surface area contributed by atoms with E-state index in [-0.39, 0.29) is 24.0 Å². The first-order chi connectivity index (χ1) is 13.1. The fourth-order valence-electron chi connectivity index (χ4n) is 2.64. The van der Waals surface area contributed by atoms with Crippen LogP contribution in [0, 0.1) is 6.92 Å². The minimum absolute atomic E-state index is 0. The SMILES string of the molecule is CCNC(=NCCCc1nc(C)no1)N(C)Cc1ccc(OC)cc1OC.I. The lowest BCUT2D eigenvalue weighted by atomic mass is 10.2. The molecule has 0 atom stereocenters. The Morgan fingerprint density at radius 2 is 2.07 bits per heavy atom. The van der Waals surface area contributed by atoms with E-state index in [9.17, 15) is 0 Å². The van der Waals surface area contributed by atoms with Gasteiger partial charge in [-0.1, -0.05) is 5.16 Å². The first kappa shape index (κ1) is 24.0. The van der Waals surface area contributed by atoms with Gasteiger partial charge in [0, 0.05) is 44.7 Å². The highest BCUT2D eigenvalue weighted by molar-refractivity contribution is 14.0. The molecule has 0 amide bonds. The second-order valence-corrected chi connectivity index (χ2v) is 6.11. The minimum Gasteiger partial charge on any atom is -0.497 e. The van der Waals surface area contributed by atoms with Gasteiger partial charge in [-0.15, -0.1) is 24.0 Å². The van der Waals surface area contributed by atoms with Crippen LogP contribution in [0.1, 0.15) is 30.6 Å². The van der Waals surface area contributed by atoms with E-state index >= 15 is 0 Å². The van der Waals surface area contributed by atoms with Gasteiger partial charge >= 0.3 is 0 Å². The van der Waals surface area contributed by atoms with Gasteiger partial charge in [-0.3, -0.25) is 4.99 Å². The molecule has 28 heavy (non-hydrogen) atoms. The molecule has 0 unspecified atom stereocenters. The van der Waals surface area contributed by atoms with E-state index < -0.39 is 0 Å². The Balaban J connectivity index is 0.00000392. The summed E-state index contributed by atoms with van der Waals surface area (Å²) in [5.74, 6) is 3.73. The molecule has 0 fully saturated rings. The molecule has 2 aromatic rings. The number of halogens is 1. The second-order valence-electron chi connectivity index (χ2n) is 6.11. The molecule has 0 saturated heterocycles. The van der Waals surface area contributed by atoms with Crippen LogP contribution < -0.4 is 14.8 Å². The van der Waals surface area contributed by atoms with Crippen LogP contribution in [0.5, 0.6) is 11.5 Å². The molecule has 1 aromatic heterocycles. The van der Waals surface area contributed by atoms with Crippen molar-refractivity contribution in [2.75, 3.05) is 34.4 Å². The van der Waals surface area contributed by atoms with Crippen molar-refractivity contribution in [3.8, 4) is 11.5 Å². The number of ether oxygens (including phenoxy) is 2. The van der Waals surface area contributed by atoms with Crippen molar-refractivity contribution in [3.63, 3.8) is 0 Å². The average molecular weight is 503 g/mol. The van der Waals surface area contributed by atoms with Crippen LogP contribution in [0.25, 0.3) is 0 Å². The second kappa shape index (κ2) is 12.4. The van der Waals surface area contributed by atoms with E-state index in [2.05, 4.69) is 27.3 Å². The molecule has 2 rings (SSSR count). The third-order valence-electron chi connectivity index (χ3n) is 3.98. The van der Waals surface area contributed by atoms with Gasteiger partial charge in [-0.05, 0) is 32.4 Å². The van der Waals surface area contributed by atoms with Gasteiger partial charge in [-0.2, -0.15) is 4.98 Å². The van der Waals surface area contributed by atoms with Crippen molar-refractivity contribution in [2.24, 2.45) is 4.99 Å². The molecule has 8 nitrogen and oxygen atoms in total. The molecule has 0 radical (unpaired) electrons. The Hall–Kier alpha value is -2.04. The van der Waals surface area contributed by atoms with Crippen molar-refractivity contribution >= 4 is 29.9 Å². The zero-order chi connectivity index (χ0) is 19.6. The maximum Gasteiger partial charge on any atom is 0.226 e. The van der Waals surface area contributed by atoms with Crippen molar-refractivity contribution in [1.29, 1.82) is 0 Å². The number of hydrogen-bond donors (Lipinski definition) is 1. The largest absolute Gasteiger partial charge is 0.497 e. The van der Waals surface area contributed by atoms with E-state index in [4.69, 9.17) is 19.0 Å². The summed E-state index contributed by atoms with van der Waals surface area (Å²) in [7, 11) is 5.31. The topological polar surface area (TPSA) is 85.0 Å². The number of aryl methyl sites for hydroxylation is 2.